The molecule has 1 saturated heterocycles. The summed E-state index contributed by atoms with van der Waals surface area (Å²) < 4.78 is 0. The van der Waals surface area contributed by atoms with Crippen LogP contribution < -0.4 is 5.56 Å². The molecule has 3 aliphatic carbocycles. The number of rotatable bonds is 5. The van der Waals surface area contributed by atoms with Crippen molar-refractivity contribution in [3.63, 3.8) is 0 Å². The maximum Gasteiger partial charge on any atom is 0.261 e. The largest absolute Gasteiger partial charge is 0.508 e. The van der Waals surface area contributed by atoms with Gasteiger partial charge in [0.05, 0.1) is 0 Å². The molecule has 1 amide bonds. The number of hydrogen-bond donors (Lipinski definition) is 2. The maximum absolute atomic E-state index is 13.5. The molecule has 0 spiro atoms. The van der Waals surface area contributed by atoms with E-state index in [-0.39, 0.29) is 28.5 Å². The number of aromatic amines is 1. The highest BCUT2D eigenvalue weighted by Gasteiger charge is 2.51. The smallest absolute Gasteiger partial charge is 0.261 e. The molecule has 1 aromatic carbocycles. The molecular formula is C32H43N3O3. The first-order chi connectivity index (χ1) is 18.3. The van der Waals surface area contributed by atoms with E-state index in [9.17, 15) is 14.7 Å². The number of nitrogens with zero attached hydrogens (tertiary/aromatic N) is 2. The van der Waals surface area contributed by atoms with Crippen LogP contribution in [0.1, 0.15) is 91.0 Å². The van der Waals surface area contributed by atoms with Gasteiger partial charge in [0.2, 0.25) is 0 Å². The number of fused-ring (bicyclic) bond motifs is 2. The number of nitrogens with one attached hydrogen (secondary N) is 1. The number of carbonyl (C=O) groups is 1. The standard InChI is InChI=1S/C32H43N3O3/c1-20-9-12-25(36)17-27(20)32-13-14-35(19-22-10-11-22)21(2)28(32)16-23-15-26(30(37)33-29(23)18-32)31(38)34(3)24-7-5-4-6-8-24/h9,12,15,17,21-22,24,28,36H,4-8,10-11,13-14,16,18-19H2,1-3H3,(H,33,37). The fourth-order valence-corrected chi connectivity index (χ4v) is 7.99. The molecule has 0 radical (unpaired) electrons. The Morgan fingerprint density at radius 2 is 1.92 bits per heavy atom. The quantitative estimate of drug-likeness (QED) is 0.588. The van der Waals surface area contributed by atoms with Crippen molar-refractivity contribution in [2.24, 2.45) is 11.8 Å². The van der Waals surface area contributed by atoms with Gasteiger partial charge in [0, 0.05) is 36.8 Å². The molecule has 6 nitrogen and oxygen atoms in total. The van der Waals surface area contributed by atoms with Crippen molar-refractivity contribution in [2.45, 2.75) is 95.6 Å². The first-order valence-electron chi connectivity index (χ1n) is 14.8. The van der Waals surface area contributed by atoms with E-state index >= 15 is 0 Å². The summed E-state index contributed by atoms with van der Waals surface area (Å²) in [6, 6.07) is 8.29. The number of aryl methyl sites for hydroxylation is 1. The number of phenolic OH excluding ortho intramolecular Hbond substituents is 1. The number of amides is 1. The zero-order valence-electron chi connectivity index (χ0n) is 23.3. The van der Waals surface area contributed by atoms with Gasteiger partial charge in [-0.2, -0.15) is 0 Å². The molecule has 2 aromatic rings. The minimum Gasteiger partial charge on any atom is -0.508 e. The zero-order chi connectivity index (χ0) is 26.6. The molecule has 38 heavy (non-hydrogen) atoms. The number of benzene rings is 1. The van der Waals surface area contributed by atoms with Crippen molar-refractivity contribution in [3.8, 4) is 5.75 Å². The minimum absolute atomic E-state index is 0.145. The Morgan fingerprint density at radius 1 is 1.16 bits per heavy atom. The number of aromatic hydroxyl groups is 1. The molecule has 1 aromatic heterocycles. The zero-order valence-corrected chi connectivity index (χ0v) is 23.3. The van der Waals surface area contributed by atoms with Gasteiger partial charge in [-0.25, -0.2) is 0 Å². The predicted octanol–water partition coefficient (Wildman–Crippen LogP) is 4.95. The third-order valence-corrected chi connectivity index (χ3v) is 10.5. The second-order valence-corrected chi connectivity index (χ2v) is 12.8. The molecule has 2 N–H and O–H groups in total. The van der Waals surface area contributed by atoms with E-state index < -0.39 is 0 Å². The maximum atomic E-state index is 13.5. The van der Waals surface area contributed by atoms with Crippen LogP contribution in [0.15, 0.2) is 29.1 Å². The third kappa shape index (κ3) is 4.49. The summed E-state index contributed by atoms with van der Waals surface area (Å²) in [4.78, 5) is 34.5. The predicted molar refractivity (Wildman–Crippen MR) is 150 cm³/mol. The molecule has 204 valence electrons. The highest BCUT2D eigenvalue weighted by Crippen LogP contribution is 2.51. The topological polar surface area (TPSA) is 76.6 Å². The Labute approximate surface area is 226 Å². The van der Waals surface area contributed by atoms with E-state index in [2.05, 4.69) is 23.7 Å². The number of piperidine rings is 1. The van der Waals surface area contributed by atoms with Crippen LogP contribution in [-0.2, 0) is 18.3 Å². The van der Waals surface area contributed by atoms with Crippen LogP contribution >= 0.6 is 0 Å². The van der Waals surface area contributed by atoms with Crippen LogP contribution in [-0.4, -0.2) is 58.0 Å². The summed E-state index contributed by atoms with van der Waals surface area (Å²) in [6.45, 7) is 6.72. The SMILES string of the molecule is Cc1ccc(O)cc1C12CCN(CC3CC3)C(C)C1Cc1cc(C(=O)N(C)C3CCCCC3)c(=O)[nH]c1C2. The monoisotopic (exact) mass is 517 g/mol. The number of hydrogen-bond acceptors (Lipinski definition) is 4. The van der Waals surface area contributed by atoms with Gasteiger partial charge in [0.1, 0.15) is 11.3 Å². The van der Waals surface area contributed by atoms with Crippen LogP contribution in [0.3, 0.4) is 0 Å². The van der Waals surface area contributed by atoms with Crippen molar-refractivity contribution < 1.29 is 9.90 Å². The van der Waals surface area contributed by atoms with E-state index in [0.717, 1.165) is 68.7 Å². The van der Waals surface area contributed by atoms with Crippen LogP contribution in [0.4, 0.5) is 0 Å². The van der Waals surface area contributed by atoms with Gasteiger partial charge >= 0.3 is 0 Å². The lowest BCUT2D eigenvalue weighted by molar-refractivity contribution is 0.0246. The van der Waals surface area contributed by atoms with E-state index in [1.807, 2.05) is 30.1 Å². The van der Waals surface area contributed by atoms with Gasteiger partial charge in [-0.1, -0.05) is 25.3 Å². The minimum atomic E-state index is -0.267. The number of carbonyl (C=O) groups excluding carboxylic acids is 1. The highest BCUT2D eigenvalue weighted by atomic mass is 16.3. The number of H-pyrrole nitrogens is 1. The van der Waals surface area contributed by atoms with Gasteiger partial charge in [-0.3, -0.25) is 9.59 Å². The summed E-state index contributed by atoms with van der Waals surface area (Å²) in [5.74, 6) is 1.33. The van der Waals surface area contributed by atoms with E-state index in [0.29, 0.717) is 17.7 Å². The van der Waals surface area contributed by atoms with Gasteiger partial charge in [-0.15, -0.1) is 0 Å². The number of pyridine rings is 1. The van der Waals surface area contributed by atoms with Gasteiger partial charge in [0.25, 0.3) is 11.5 Å². The molecule has 2 heterocycles. The summed E-state index contributed by atoms with van der Waals surface area (Å²) in [5.41, 5.74) is 4.36. The van der Waals surface area contributed by atoms with E-state index in [1.165, 1.54) is 36.9 Å². The van der Waals surface area contributed by atoms with Crippen LogP contribution in [0.5, 0.6) is 5.75 Å². The van der Waals surface area contributed by atoms with Crippen LogP contribution in [0.25, 0.3) is 0 Å². The first kappa shape index (κ1) is 25.7. The molecule has 3 unspecified atom stereocenters. The van der Waals surface area contributed by atoms with Gasteiger partial charge in [0.15, 0.2) is 0 Å². The van der Waals surface area contributed by atoms with E-state index in [1.54, 1.807) is 6.07 Å². The Hall–Kier alpha value is -2.60. The number of phenols is 1. The highest BCUT2D eigenvalue weighted by molar-refractivity contribution is 5.94. The summed E-state index contributed by atoms with van der Waals surface area (Å²) in [7, 11) is 1.87. The molecule has 6 rings (SSSR count). The fraction of sp³-hybridized carbons (Fsp3) is 0.625. The molecule has 0 bridgehead atoms. The Balaban J connectivity index is 1.38. The second kappa shape index (κ2) is 9.86. The third-order valence-electron chi connectivity index (χ3n) is 10.5. The lowest BCUT2D eigenvalue weighted by Crippen LogP contribution is -2.59. The Kier molecular flexibility index (Phi) is 6.66. The summed E-state index contributed by atoms with van der Waals surface area (Å²) >= 11 is 0. The molecule has 4 aliphatic rings. The van der Waals surface area contributed by atoms with Gasteiger partial charge < -0.3 is 19.9 Å². The molecular weight excluding hydrogens is 474 g/mol. The average Bonchev–Trinajstić information content (AvgIpc) is 3.74. The Bertz CT molecular complexity index is 1280. The number of likely N-dealkylation sites (tertiary alicyclic amines) is 1. The summed E-state index contributed by atoms with van der Waals surface area (Å²) in [5, 5.41) is 10.5. The van der Waals surface area contributed by atoms with E-state index in [4.69, 9.17) is 0 Å². The lowest BCUT2D eigenvalue weighted by atomic mass is 9.55. The normalized spacial score (nSPS) is 28.0. The van der Waals surface area contributed by atoms with Crippen LogP contribution in [0, 0.1) is 18.8 Å². The van der Waals surface area contributed by atoms with Crippen molar-refractivity contribution in [1.29, 1.82) is 0 Å². The molecule has 3 atom stereocenters. The summed E-state index contributed by atoms with van der Waals surface area (Å²) in [6.07, 6.45) is 10.8. The second-order valence-electron chi connectivity index (χ2n) is 12.8. The Morgan fingerprint density at radius 3 is 2.66 bits per heavy atom. The first-order valence-corrected chi connectivity index (χ1v) is 14.8. The molecule has 6 heteroatoms. The average molecular weight is 518 g/mol. The molecule has 2 saturated carbocycles. The fourth-order valence-electron chi connectivity index (χ4n) is 7.99. The van der Waals surface area contributed by atoms with Crippen LogP contribution in [0.2, 0.25) is 0 Å². The lowest BCUT2D eigenvalue weighted by Gasteiger charge is -2.55. The van der Waals surface area contributed by atoms with Crippen molar-refractivity contribution in [2.75, 3.05) is 20.1 Å². The molecule has 1 aliphatic heterocycles. The van der Waals surface area contributed by atoms with Crippen molar-refractivity contribution >= 4 is 5.91 Å². The van der Waals surface area contributed by atoms with Crippen molar-refractivity contribution in [3.05, 3.63) is 62.6 Å². The van der Waals surface area contributed by atoms with Gasteiger partial charge in [-0.05, 0) is 112 Å². The van der Waals surface area contributed by atoms with Crippen molar-refractivity contribution in [1.82, 2.24) is 14.8 Å². The number of aromatic nitrogens is 1. The molecule has 3 fully saturated rings.